The number of carbonyl (C=O) groups excluding carboxylic acids is 1. The zero-order chi connectivity index (χ0) is 16.2. The highest BCUT2D eigenvalue weighted by atomic mass is 32.2. The van der Waals surface area contributed by atoms with Gasteiger partial charge in [0.15, 0.2) is 0 Å². The third kappa shape index (κ3) is 4.06. The normalized spacial score (nSPS) is 18.9. The Morgan fingerprint density at radius 1 is 1.45 bits per heavy atom. The molecule has 1 aliphatic heterocycles. The minimum atomic E-state index is -3.74. The van der Waals surface area contributed by atoms with E-state index < -0.39 is 16.0 Å². The van der Waals surface area contributed by atoms with E-state index in [-0.39, 0.29) is 16.4 Å². The number of piperidine rings is 1. The van der Waals surface area contributed by atoms with E-state index in [1.807, 2.05) is 0 Å². The van der Waals surface area contributed by atoms with Crippen molar-refractivity contribution >= 4 is 16.0 Å². The van der Waals surface area contributed by atoms with Crippen LogP contribution in [-0.4, -0.2) is 41.1 Å². The highest BCUT2D eigenvalue weighted by Gasteiger charge is 2.24. The van der Waals surface area contributed by atoms with Gasteiger partial charge in [-0.25, -0.2) is 17.9 Å². The summed E-state index contributed by atoms with van der Waals surface area (Å²) in [5.74, 6) is -0.376. The van der Waals surface area contributed by atoms with Crippen LogP contribution >= 0.6 is 0 Å². The van der Waals surface area contributed by atoms with Crippen molar-refractivity contribution in [3.8, 4) is 0 Å². The number of sulfonamides is 1. The monoisotopic (exact) mass is 326 g/mol. The molecule has 7 heteroatoms. The van der Waals surface area contributed by atoms with Gasteiger partial charge in [0.05, 0.1) is 17.6 Å². The molecule has 1 atom stereocenters. The number of nitrogens with one attached hydrogen (secondary N) is 2. The van der Waals surface area contributed by atoms with Crippen molar-refractivity contribution in [1.82, 2.24) is 10.0 Å². The number of hydrogen-bond donors (Lipinski definition) is 2. The number of methoxy groups -OCH3 is 1. The van der Waals surface area contributed by atoms with E-state index in [1.54, 1.807) is 13.0 Å². The minimum absolute atomic E-state index is 0.0336. The summed E-state index contributed by atoms with van der Waals surface area (Å²) in [5.41, 5.74) is 0.868. The van der Waals surface area contributed by atoms with E-state index in [4.69, 9.17) is 0 Å². The lowest BCUT2D eigenvalue weighted by molar-refractivity contribution is 0.0596. The summed E-state index contributed by atoms with van der Waals surface area (Å²) < 4.78 is 32.3. The van der Waals surface area contributed by atoms with Gasteiger partial charge in [0, 0.05) is 6.54 Å². The molecule has 0 radical (unpaired) electrons. The van der Waals surface area contributed by atoms with E-state index >= 15 is 0 Å². The van der Waals surface area contributed by atoms with Crippen LogP contribution in [0.1, 0.15) is 28.8 Å². The Morgan fingerprint density at radius 3 is 2.86 bits per heavy atom. The van der Waals surface area contributed by atoms with Gasteiger partial charge in [-0.15, -0.1) is 0 Å². The lowest BCUT2D eigenvalue weighted by atomic mass is 10.0. The summed E-state index contributed by atoms with van der Waals surface area (Å²) in [6.45, 7) is 3.95. The van der Waals surface area contributed by atoms with Gasteiger partial charge in [0.1, 0.15) is 0 Å². The van der Waals surface area contributed by atoms with Crippen LogP contribution in [0.25, 0.3) is 0 Å². The number of carbonyl (C=O) groups is 1. The Morgan fingerprint density at radius 2 is 2.23 bits per heavy atom. The third-order valence-electron chi connectivity index (χ3n) is 3.79. The molecule has 0 amide bonds. The van der Waals surface area contributed by atoms with Crippen LogP contribution < -0.4 is 10.0 Å². The largest absolute Gasteiger partial charge is 0.465 e. The summed E-state index contributed by atoms with van der Waals surface area (Å²) in [4.78, 5) is 11.8. The maximum atomic E-state index is 12.5. The van der Waals surface area contributed by atoms with Gasteiger partial charge < -0.3 is 10.1 Å². The van der Waals surface area contributed by atoms with Crippen LogP contribution in [-0.2, 0) is 14.8 Å². The summed E-state index contributed by atoms with van der Waals surface area (Å²) in [6, 6.07) is 4.65. The Labute approximate surface area is 131 Å². The predicted octanol–water partition coefficient (Wildman–Crippen LogP) is 1.06. The van der Waals surface area contributed by atoms with Gasteiger partial charge in [-0.3, -0.25) is 0 Å². The quantitative estimate of drug-likeness (QED) is 0.791. The molecule has 1 aromatic rings. The molecule has 122 valence electrons. The molecule has 1 fully saturated rings. The van der Waals surface area contributed by atoms with Gasteiger partial charge in [-0.05, 0) is 50.9 Å². The molecular weight excluding hydrogens is 304 g/mol. The number of aryl methyl sites for hydroxylation is 1. The molecular formula is C15H22N2O4S. The standard InChI is InChI=1S/C15H22N2O4S/c1-11-5-6-14(13(8-11)15(18)21-2)22(19,20)17-10-12-4-3-7-16-9-12/h5-6,8,12,16-17H,3-4,7,9-10H2,1-2H3. The van der Waals surface area contributed by atoms with Crippen LogP contribution in [0.5, 0.6) is 0 Å². The van der Waals surface area contributed by atoms with Crippen LogP contribution in [0.3, 0.4) is 0 Å². The predicted molar refractivity (Wildman–Crippen MR) is 83.3 cm³/mol. The number of benzene rings is 1. The first kappa shape index (κ1) is 16.9. The fraction of sp³-hybridized carbons (Fsp3) is 0.533. The van der Waals surface area contributed by atoms with Crippen molar-refractivity contribution in [2.75, 3.05) is 26.7 Å². The third-order valence-corrected chi connectivity index (χ3v) is 5.27. The molecule has 1 saturated heterocycles. The molecule has 0 spiro atoms. The van der Waals surface area contributed by atoms with Crippen molar-refractivity contribution in [2.45, 2.75) is 24.7 Å². The molecule has 1 aliphatic rings. The minimum Gasteiger partial charge on any atom is -0.465 e. The van der Waals surface area contributed by atoms with E-state index in [0.29, 0.717) is 6.54 Å². The second-order valence-electron chi connectivity index (χ2n) is 5.56. The average Bonchev–Trinajstić information content (AvgIpc) is 2.53. The maximum Gasteiger partial charge on any atom is 0.339 e. The molecule has 22 heavy (non-hydrogen) atoms. The SMILES string of the molecule is COC(=O)c1cc(C)ccc1S(=O)(=O)NCC1CCCNC1. The molecule has 2 N–H and O–H groups in total. The van der Waals surface area contributed by atoms with E-state index in [0.717, 1.165) is 31.5 Å². The van der Waals surface area contributed by atoms with Gasteiger partial charge in [-0.2, -0.15) is 0 Å². The van der Waals surface area contributed by atoms with E-state index in [2.05, 4.69) is 14.8 Å². The Balaban J connectivity index is 2.19. The summed E-state index contributed by atoms with van der Waals surface area (Å²) in [7, 11) is -2.50. The molecule has 1 unspecified atom stereocenters. The van der Waals surface area contributed by atoms with Gasteiger partial charge in [-0.1, -0.05) is 11.6 Å². The zero-order valence-electron chi connectivity index (χ0n) is 12.9. The van der Waals surface area contributed by atoms with Crippen molar-refractivity contribution in [3.63, 3.8) is 0 Å². The molecule has 2 rings (SSSR count). The molecule has 6 nitrogen and oxygen atoms in total. The van der Waals surface area contributed by atoms with Crippen molar-refractivity contribution in [1.29, 1.82) is 0 Å². The van der Waals surface area contributed by atoms with Crippen LogP contribution in [0.4, 0.5) is 0 Å². The average molecular weight is 326 g/mol. The van der Waals surface area contributed by atoms with E-state index in [9.17, 15) is 13.2 Å². The summed E-state index contributed by atoms with van der Waals surface area (Å²) in [6.07, 6.45) is 2.04. The van der Waals surface area contributed by atoms with Crippen molar-refractivity contribution in [3.05, 3.63) is 29.3 Å². The fourth-order valence-corrected chi connectivity index (χ4v) is 3.84. The number of hydrogen-bond acceptors (Lipinski definition) is 5. The summed E-state index contributed by atoms with van der Waals surface area (Å²) >= 11 is 0. The lowest BCUT2D eigenvalue weighted by Crippen LogP contribution is -2.38. The molecule has 0 aromatic heterocycles. The molecule has 1 aromatic carbocycles. The molecule has 1 heterocycles. The van der Waals surface area contributed by atoms with E-state index in [1.165, 1.54) is 19.2 Å². The topological polar surface area (TPSA) is 84.5 Å². The van der Waals surface area contributed by atoms with Gasteiger partial charge >= 0.3 is 5.97 Å². The molecule has 0 aliphatic carbocycles. The lowest BCUT2D eigenvalue weighted by Gasteiger charge is -2.23. The molecule has 0 bridgehead atoms. The number of rotatable bonds is 5. The highest BCUT2D eigenvalue weighted by molar-refractivity contribution is 7.89. The van der Waals surface area contributed by atoms with Crippen molar-refractivity contribution in [2.24, 2.45) is 5.92 Å². The highest BCUT2D eigenvalue weighted by Crippen LogP contribution is 2.19. The number of esters is 1. The Hall–Kier alpha value is -1.44. The van der Waals surface area contributed by atoms with Crippen LogP contribution in [0, 0.1) is 12.8 Å². The first-order valence-corrected chi connectivity index (χ1v) is 8.81. The zero-order valence-corrected chi connectivity index (χ0v) is 13.7. The Kier molecular flexibility index (Phi) is 5.55. The van der Waals surface area contributed by atoms with Gasteiger partial charge in [0.25, 0.3) is 0 Å². The first-order chi connectivity index (χ1) is 10.4. The van der Waals surface area contributed by atoms with Crippen molar-refractivity contribution < 1.29 is 17.9 Å². The first-order valence-electron chi connectivity index (χ1n) is 7.33. The van der Waals surface area contributed by atoms with Gasteiger partial charge in [0.2, 0.25) is 10.0 Å². The Bertz CT molecular complexity index is 637. The summed E-state index contributed by atoms with van der Waals surface area (Å²) in [5, 5.41) is 3.25. The fourth-order valence-electron chi connectivity index (χ4n) is 2.55. The second kappa shape index (κ2) is 7.21. The maximum absolute atomic E-state index is 12.5. The number of ether oxygens (including phenoxy) is 1. The smallest absolute Gasteiger partial charge is 0.339 e. The second-order valence-corrected chi connectivity index (χ2v) is 7.29. The molecule has 0 saturated carbocycles. The van der Waals surface area contributed by atoms with Crippen LogP contribution in [0.2, 0.25) is 0 Å². The van der Waals surface area contributed by atoms with Crippen LogP contribution in [0.15, 0.2) is 23.1 Å².